The fraction of sp³-hybridized carbons (Fsp3) is 0.667. The minimum absolute atomic E-state index is 0.398. The van der Waals surface area contributed by atoms with Gasteiger partial charge in [0.25, 0.3) is 0 Å². The number of nitrogens with two attached hydrogens (primary N) is 1. The third kappa shape index (κ3) is 0.703. The first-order chi connectivity index (χ1) is 3.22. The smallest absolute Gasteiger partial charge is 0.238 e. The molecule has 3 N–H and O–H groups in total. The van der Waals surface area contributed by atoms with Gasteiger partial charge < -0.3 is 10.9 Å². The molecule has 0 bridgehead atoms. The minimum atomic E-state index is -0.456. The van der Waals surface area contributed by atoms with Gasteiger partial charge >= 0.3 is 0 Å². The molecule has 1 aliphatic heterocycles. The molecule has 0 aromatic carbocycles. The third-order valence-corrected chi connectivity index (χ3v) is 0.915. The van der Waals surface area contributed by atoms with Crippen LogP contribution >= 0.6 is 0 Å². The first kappa shape index (κ1) is 4.55. The van der Waals surface area contributed by atoms with E-state index in [0.29, 0.717) is 6.54 Å². The Bertz CT molecular complexity index is 103. The molecule has 0 spiro atoms. The van der Waals surface area contributed by atoms with Gasteiger partial charge in [0, 0.05) is 0 Å². The lowest BCUT2D eigenvalue weighted by molar-refractivity contribution is -0.121. The Kier molecular flexibility index (Phi) is 0.765. The van der Waals surface area contributed by atoms with E-state index < -0.39 is 11.9 Å². The Morgan fingerprint density at radius 3 is 2.43 bits per heavy atom. The highest BCUT2D eigenvalue weighted by molar-refractivity contribution is 5.82. The molecule has 1 aliphatic rings. The first-order valence-corrected chi connectivity index (χ1v) is 1.96. The average Bonchev–Trinajstić information content (AvgIpc) is 2.17. The van der Waals surface area contributed by atoms with E-state index in [-0.39, 0.29) is 0 Å². The Labute approximate surface area is 40.5 Å². The fourth-order valence-electron chi connectivity index (χ4n) is 0.367. The second-order valence-corrected chi connectivity index (χ2v) is 1.54. The molecule has 40 valence electrons. The normalized spacial score (nSPS) is 37.9. The summed E-state index contributed by atoms with van der Waals surface area (Å²) in [6, 6.07) is -0.403. The van der Waals surface area contributed by atoms with E-state index in [1.165, 1.54) is 0 Å². The maximum atomic E-state index is 9.99. The molecule has 0 aromatic heterocycles. The highest BCUT2D eigenvalue weighted by Gasteiger charge is 2.37. The van der Waals surface area contributed by atoms with Gasteiger partial charge in [-0.1, -0.05) is 0 Å². The number of hydrogen-bond donors (Lipinski definition) is 2. The zero-order chi connectivity index (χ0) is 5.44. The van der Waals surface area contributed by atoms with Crippen LogP contribution in [-0.4, -0.2) is 28.8 Å². The zero-order valence-corrected chi connectivity index (χ0v) is 3.66. The number of primary amides is 1. The molecule has 0 radical (unpaired) electrons. The number of carbonyl (C=O) groups excluding carboxylic acids is 1. The van der Waals surface area contributed by atoms with Crippen molar-refractivity contribution in [2.75, 3.05) is 6.54 Å². The molecular weight excluding hydrogens is 96.0 g/mol. The van der Waals surface area contributed by atoms with Crippen molar-refractivity contribution < 1.29 is 10.0 Å². The Hall–Kier alpha value is -0.610. The largest absolute Gasteiger partial charge is 0.368 e. The van der Waals surface area contributed by atoms with Crippen LogP contribution < -0.4 is 5.73 Å². The van der Waals surface area contributed by atoms with Crippen molar-refractivity contribution >= 4 is 5.91 Å². The lowest BCUT2D eigenvalue weighted by Gasteiger charge is -1.83. The minimum Gasteiger partial charge on any atom is -0.368 e. The Morgan fingerprint density at radius 2 is 2.43 bits per heavy atom. The summed E-state index contributed by atoms with van der Waals surface area (Å²) in [6.45, 7) is 0.398. The summed E-state index contributed by atoms with van der Waals surface area (Å²) in [5.74, 6) is -0.456. The summed E-state index contributed by atoms with van der Waals surface area (Å²) in [6.07, 6.45) is 0. The van der Waals surface area contributed by atoms with E-state index in [1.54, 1.807) is 0 Å². The molecule has 2 atom stereocenters. The monoisotopic (exact) mass is 102 g/mol. The highest BCUT2D eigenvalue weighted by atomic mass is 16.5. The van der Waals surface area contributed by atoms with E-state index in [0.717, 1.165) is 5.06 Å². The van der Waals surface area contributed by atoms with Crippen molar-refractivity contribution in [3.63, 3.8) is 0 Å². The molecule has 4 nitrogen and oxygen atoms in total. The van der Waals surface area contributed by atoms with Gasteiger partial charge in [0.1, 0.15) is 6.04 Å². The lowest BCUT2D eigenvalue weighted by atomic mass is 10.5. The fourth-order valence-corrected chi connectivity index (χ4v) is 0.367. The maximum absolute atomic E-state index is 9.99. The topological polar surface area (TPSA) is 66.3 Å². The molecule has 4 heteroatoms. The SMILES string of the molecule is NC(=O)C1CN1O. The van der Waals surface area contributed by atoms with E-state index in [1.807, 2.05) is 0 Å². The summed E-state index contributed by atoms with van der Waals surface area (Å²) in [5, 5.41) is 9.22. The summed E-state index contributed by atoms with van der Waals surface area (Å²) in [5.41, 5.74) is 4.75. The molecule has 1 rings (SSSR count). The first-order valence-electron chi connectivity index (χ1n) is 1.96. The third-order valence-electron chi connectivity index (χ3n) is 0.915. The van der Waals surface area contributed by atoms with Crippen LogP contribution in [0.4, 0.5) is 0 Å². The quantitative estimate of drug-likeness (QED) is 0.398. The van der Waals surface area contributed by atoms with Gasteiger partial charge in [-0.3, -0.25) is 4.79 Å². The standard InChI is InChI=1S/C3H6N2O2/c4-3(6)2-1-5(2)7/h2,7H,1H2,(H2,4,6). The molecule has 0 aliphatic carbocycles. The molecule has 1 saturated heterocycles. The van der Waals surface area contributed by atoms with Crippen LogP contribution in [0.3, 0.4) is 0 Å². The van der Waals surface area contributed by atoms with Crippen LogP contribution in [0, 0.1) is 0 Å². The van der Waals surface area contributed by atoms with Crippen LogP contribution in [0.2, 0.25) is 0 Å². The van der Waals surface area contributed by atoms with Crippen molar-refractivity contribution in [3.05, 3.63) is 0 Å². The lowest BCUT2D eigenvalue weighted by Crippen LogP contribution is -2.20. The molecule has 2 unspecified atom stereocenters. The van der Waals surface area contributed by atoms with E-state index in [9.17, 15) is 4.79 Å². The summed E-state index contributed by atoms with van der Waals surface area (Å²) in [4.78, 5) is 9.99. The van der Waals surface area contributed by atoms with Crippen molar-refractivity contribution in [1.82, 2.24) is 5.06 Å². The number of hydroxylamine groups is 2. The van der Waals surface area contributed by atoms with Gasteiger partial charge in [0.2, 0.25) is 5.91 Å². The van der Waals surface area contributed by atoms with E-state index in [2.05, 4.69) is 0 Å². The number of amides is 1. The number of rotatable bonds is 1. The molecule has 7 heavy (non-hydrogen) atoms. The summed E-state index contributed by atoms with van der Waals surface area (Å²) < 4.78 is 0. The van der Waals surface area contributed by atoms with Gasteiger partial charge in [0.05, 0.1) is 6.54 Å². The van der Waals surface area contributed by atoms with Crippen LogP contribution in [-0.2, 0) is 4.79 Å². The van der Waals surface area contributed by atoms with Crippen molar-refractivity contribution in [1.29, 1.82) is 0 Å². The summed E-state index contributed by atoms with van der Waals surface area (Å²) >= 11 is 0. The van der Waals surface area contributed by atoms with Gasteiger partial charge in [-0.15, -0.1) is 0 Å². The van der Waals surface area contributed by atoms with E-state index in [4.69, 9.17) is 10.9 Å². The van der Waals surface area contributed by atoms with Crippen LogP contribution in [0.25, 0.3) is 0 Å². The van der Waals surface area contributed by atoms with Crippen LogP contribution in [0.5, 0.6) is 0 Å². The average molecular weight is 102 g/mol. The van der Waals surface area contributed by atoms with Crippen LogP contribution in [0.1, 0.15) is 0 Å². The number of hydrogen-bond acceptors (Lipinski definition) is 3. The molecule has 1 heterocycles. The maximum Gasteiger partial charge on any atom is 0.238 e. The van der Waals surface area contributed by atoms with Crippen LogP contribution in [0.15, 0.2) is 0 Å². The Morgan fingerprint density at radius 1 is 2.00 bits per heavy atom. The predicted molar refractivity (Wildman–Crippen MR) is 21.5 cm³/mol. The molecule has 0 aromatic rings. The van der Waals surface area contributed by atoms with Gasteiger partial charge in [-0.05, 0) is 0 Å². The molecule has 1 fully saturated rings. The van der Waals surface area contributed by atoms with Gasteiger partial charge in [-0.25, -0.2) is 0 Å². The predicted octanol–water partition coefficient (Wildman–Crippen LogP) is -1.45. The number of nitrogens with zero attached hydrogens (tertiary/aromatic N) is 1. The summed E-state index contributed by atoms with van der Waals surface area (Å²) in [7, 11) is 0. The van der Waals surface area contributed by atoms with Crippen molar-refractivity contribution in [3.8, 4) is 0 Å². The van der Waals surface area contributed by atoms with Gasteiger partial charge in [0.15, 0.2) is 0 Å². The highest BCUT2D eigenvalue weighted by Crippen LogP contribution is 2.10. The van der Waals surface area contributed by atoms with Crippen molar-refractivity contribution in [2.45, 2.75) is 6.04 Å². The second-order valence-electron chi connectivity index (χ2n) is 1.54. The molecular formula is C3H6N2O2. The second kappa shape index (κ2) is 1.18. The molecule has 0 saturated carbocycles. The Balaban J connectivity index is 2.33. The zero-order valence-electron chi connectivity index (χ0n) is 3.66. The number of carbonyl (C=O) groups is 1. The molecule has 1 amide bonds. The van der Waals surface area contributed by atoms with Gasteiger partial charge in [-0.2, -0.15) is 5.06 Å². The van der Waals surface area contributed by atoms with Crippen molar-refractivity contribution in [2.24, 2.45) is 5.73 Å². The van der Waals surface area contributed by atoms with E-state index >= 15 is 0 Å².